The van der Waals surface area contributed by atoms with E-state index in [1.165, 1.54) is 11.0 Å². The lowest BCUT2D eigenvalue weighted by atomic mass is 10.1. The number of carbonyl (C=O) groups is 1. The Labute approximate surface area is 164 Å². The summed E-state index contributed by atoms with van der Waals surface area (Å²) < 4.78 is 44.0. The van der Waals surface area contributed by atoms with Crippen LogP contribution >= 0.6 is 0 Å². The fourth-order valence-corrected chi connectivity index (χ4v) is 2.66. The first-order valence-corrected chi connectivity index (χ1v) is 8.45. The van der Waals surface area contributed by atoms with Crippen LogP contribution in [0.3, 0.4) is 0 Å². The summed E-state index contributed by atoms with van der Waals surface area (Å²) in [6.45, 7) is 0.129. The first kappa shape index (κ1) is 20.0. The second-order valence-electron chi connectivity index (χ2n) is 6.14. The van der Waals surface area contributed by atoms with Crippen molar-refractivity contribution in [1.29, 1.82) is 0 Å². The highest BCUT2D eigenvalue weighted by Gasteiger charge is 2.35. The van der Waals surface area contributed by atoms with E-state index in [9.17, 15) is 18.0 Å². The van der Waals surface area contributed by atoms with Gasteiger partial charge in [0.15, 0.2) is 5.69 Å². The molecule has 0 aliphatic carbocycles. The van der Waals surface area contributed by atoms with Gasteiger partial charge < -0.3 is 15.9 Å². The number of alkyl halides is 3. The van der Waals surface area contributed by atoms with Crippen LogP contribution < -0.4 is 16.4 Å². The molecule has 29 heavy (non-hydrogen) atoms. The van der Waals surface area contributed by atoms with Crippen molar-refractivity contribution in [2.75, 3.05) is 10.6 Å². The number of nitrogens with two attached hydrogens (primary N) is 2. The van der Waals surface area contributed by atoms with E-state index in [1.54, 1.807) is 54.6 Å². The summed E-state index contributed by atoms with van der Waals surface area (Å²) in [5, 5.41) is 0. The number of anilines is 3. The Balaban J connectivity index is 1.99. The van der Waals surface area contributed by atoms with E-state index in [1.807, 2.05) is 0 Å². The highest BCUT2D eigenvalue weighted by atomic mass is 19.4. The lowest BCUT2D eigenvalue weighted by Gasteiger charge is -2.22. The normalized spacial score (nSPS) is 11.7. The topological polar surface area (TPSA) is 98.4 Å². The minimum absolute atomic E-state index is 0.129. The fourth-order valence-electron chi connectivity index (χ4n) is 2.66. The van der Waals surface area contributed by atoms with E-state index >= 15 is 0 Å². The van der Waals surface area contributed by atoms with Crippen LogP contribution in [0.15, 0.2) is 65.3 Å². The van der Waals surface area contributed by atoms with Crippen LogP contribution in [-0.4, -0.2) is 10.9 Å². The molecule has 9 heteroatoms. The molecule has 0 bridgehead atoms. The number of halogens is 3. The first-order valence-electron chi connectivity index (χ1n) is 8.45. The fraction of sp³-hybridized carbons (Fsp3) is 0.100. The van der Waals surface area contributed by atoms with Crippen LogP contribution in [0.5, 0.6) is 0 Å². The molecule has 0 atom stereocenters. The van der Waals surface area contributed by atoms with Gasteiger partial charge in [0.1, 0.15) is 6.26 Å². The first-order chi connectivity index (χ1) is 13.7. The SMILES string of the molecule is NC(=O)/C=C/c1cccc(CN(c2nc(C(F)(F)F)co2)c2ccccc2N)c1. The summed E-state index contributed by atoms with van der Waals surface area (Å²) in [6.07, 6.45) is -1.31. The van der Waals surface area contributed by atoms with Crippen molar-refractivity contribution >= 4 is 29.4 Å². The maximum atomic E-state index is 13.0. The lowest BCUT2D eigenvalue weighted by molar-refractivity contribution is -0.141. The van der Waals surface area contributed by atoms with Crippen LogP contribution in [0.4, 0.5) is 30.6 Å². The van der Waals surface area contributed by atoms with Crippen LogP contribution in [0.1, 0.15) is 16.8 Å². The summed E-state index contributed by atoms with van der Waals surface area (Å²) in [4.78, 5) is 16.0. The van der Waals surface area contributed by atoms with Crippen molar-refractivity contribution in [3.8, 4) is 0 Å². The van der Waals surface area contributed by atoms with Crippen LogP contribution in [-0.2, 0) is 17.5 Å². The number of aromatic nitrogens is 1. The number of para-hydroxylation sites is 2. The van der Waals surface area contributed by atoms with Gasteiger partial charge in [-0.25, -0.2) is 0 Å². The standard InChI is InChI=1S/C20H17F3N4O2/c21-20(22,23)17-12-29-19(26-17)27(16-7-2-1-6-15(16)24)11-14-5-3-4-13(10-14)8-9-18(25)28/h1-10,12H,11,24H2,(H2,25,28)/b9-8+. The molecule has 0 fully saturated rings. The molecule has 1 amide bonds. The summed E-state index contributed by atoms with van der Waals surface area (Å²) >= 11 is 0. The second-order valence-corrected chi connectivity index (χ2v) is 6.14. The molecule has 3 rings (SSSR count). The summed E-state index contributed by atoms with van der Waals surface area (Å²) in [5.74, 6) is -0.589. The van der Waals surface area contributed by atoms with E-state index in [0.717, 1.165) is 5.56 Å². The van der Waals surface area contributed by atoms with Gasteiger partial charge >= 0.3 is 12.2 Å². The molecule has 4 N–H and O–H groups in total. The molecule has 0 unspecified atom stereocenters. The van der Waals surface area contributed by atoms with Crippen molar-refractivity contribution < 1.29 is 22.4 Å². The predicted molar refractivity (Wildman–Crippen MR) is 103 cm³/mol. The quantitative estimate of drug-likeness (QED) is 0.478. The number of carbonyl (C=O) groups excluding carboxylic acids is 1. The molecule has 0 radical (unpaired) electrons. The van der Waals surface area contributed by atoms with Crippen molar-refractivity contribution in [2.45, 2.75) is 12.7 Å². The van der Waals surface area contributed by atoms with Crippen molar-refractivity contribution in [2.24, 2.45) is 5.73 Å². The monoisotopic (exact) mass is 402 g/mol. The van der Waals surface area contributed by atoms with Gasteiger partial charge in [0.2, 0.25) is 5.91 Å². The summed E-state index contributed by atoms with van der Waals surface area (Å²) in [6, 6.07) is 13.5. The number of hydrogen-bond donors (Lipinski definition) is 2. The third kappa shape index (κ3) is 4.95. The molecule has 0 spiro atoms. The number of oxazole rings is 1. The largest absolute Gasteiger partial charge is 0.436 e. The van der Waals surface area contributed by atoms with Crippen molar-refractivity contribution in [1.82, 2.24) is 4.98 Å². The highest BCUT2D eigenvalue weighted by Crippen LogP contribution is 2.35. The van der Waals surface area contributed by atoms with E-state index in [2.05, 4.69) is 4.98 Å². The van der Waals surface area contributed by atoms with Gasteiger partial charge in [-0.15, -0.1) is 0 Å². The average molecular weight is 402 g/mol. The summed E-state index contributed by atoms with van der Waals surface area (Å²) in [7, 11) is 0. The van der Waals surface area contributed by atoms with E-state index < -0.39 is 17.8 Å². The number of benzene rings is 2. The predicted octanol–water partition coefficient (Wildman–Crippen LogP) is 4.11. The number of rotatable bonds is 6. The second kappa shape index (κ2) is 8.09. The van der Waals surface area contributed by atoms with Crippen molar-refractivity contribution in [3.63, 3.8) is 0 Å². The zero-order valence-electron chi connectivity index (χ0n) is 15.1. The molecule has 0 saturated carbocycles. The number of hydrogen-bond acceptors (Lipinski definition) is 5. The van der Waals surface area contributed by atoms with Crippen LogP contribution in [0, 0.1) is 0 Å². The molecular formula is C20H17F3N4O2. The number of amides is 1. The number of primary amides is 1. The van der Waals surface area contributed by atoms with Gasteiger partial charge in [0, 0.05) is 6.08 Å². The molecule has 150 valence electrons. The maximum absolute atomic E-state index is 13.0. The van der Waals surface area contributed by atoms with Gasteiger partial charge in [0.05, 0.1) is 17.9 Å². The third-order valence-electron chi connectivity index (χ3n) is 3.97. The van der Waals surface area contributed by atoms with Gasteiger partial charge in [-0.1, -0.05) is 30.3 Å². The molecular weight excluding hydrogens is 385 g/mol. The molecule has 3 aromatic rings. The molecule has 1 heterocycles. The smallest absolute Gasteiger partial charge is 0.431 e. The minimum atomic E-state index is -4.63. The van der Waals surface area contributed by atoms with E-state index in [0.29, 0.717) is 23.2 Å². The Hall–Kier alpha value is -3.75. The molecule has 2 aromatic carbocycles. The average Bonchev–Trinajstić information content (AvgIpc) is 3.16. The third-order valence-corrected chi connectivity index (χ3v) is 3.97. The van der Waals surface area contributed by atoms with Gasteiger partial charge in [-0.2, -0.15) is 18.2 Å². The lowest BCUT2D eigenvalue weighted by Crippen LogP contribution is -2.19. The minimum Gasteiger partial charge on any atom is -0.431 e. The molecule has 1 aromatic heterocycles. The zero-order valence-corrected chi connectivity index (χ0v) is 15.1. The number of nitrogen functional groups attached to an aromatic ring is 1. The van der Waals surface area contributed by atoms with Crippen LogP contribution in [0.25, 0.3) is 6.08 Å². The number of nitrogens with zero attached hydrogens (tertiary/aromatic N) is 2. The molecule has 0 aliphatic rings. The highest BCUT2D eigenvalue weighted by molar-refractivity contribution is 5.90. The zero-order chi connectivity index (χ0) is 21.0. The van der Waals surface area contributed by atoms with Crippen molar-refractivity contribution in [3.05, 3.63) is 77.7 Å². The van der Waals surface area contributed by atoms with E-state index in [4.69, 9.17) is 15.9 Å². The Morgan fingerprint density at radius 2 is 1.93 bits per heavy atom. The Kier molecular flexibility index (Phi) is 5.58. The van der Waals surface area contributed by atoms with E-state index in [-0.39, 0.29) is 12.6 Å². The maximum Gasteiger partial charge on any atom is 0.436 e. The Morgan fingerprint density at radius 1 is 1.17 bits per heavy atom. The molecule has 6 nitrogen and oxygen atoms in total. The molecule has 0 saturated heterocycles. The van der Waals surface area contributed by atoms with Gasteiger partial charge in [0.25, 0.3) is 0 Å². The Bertz CT molecular complexity index is 1040. The Morgan fingerprint density at radius 3 is 2.59 bits per heavy atom. The van der Waals surface area contributed by atoms with Gasteiger partial charge in [-0.05, 0) is 35.4 Å². The molecule has 0 aliphatic heterocycles. The summed E-state index contributed by atoms with van der Waals surface area (Å²) in [5.41, 5.74) is 12.2. The van der Waals surface area contributed by atoms with Gasteiger partial charge in [-0.3, -0.25) is 9.69 Å². The van der Waals surface area contributed by atoms with Crippen LogP contribution in [0.2, 0.25) is 0 Å².